The fourth-order valence-corrected chi connectivity index (χ4v) is 5.21. The van der Waals surface area contributed by atoms with Crippen molar-refractivity contribution in [3.05, 3.63) is 47.5 Å². The standard InChI is InChI=1S/C23H24N2O5/c26-23(15-2-6-20-22(8-15)30-13-28-20)24-16-9-17-3-4-18(10-16)25(17)11-14-1-5-19-21(7-14)29-12-27-19/h1-2,5-8,16-18H,3-4,9-13H2,(H,24,26). The molecule has 6 rings (SSSR count). The van der Waals surface area contributed by atoms with Crippen molar-refractivity contribution < 1.29 is 23.7 Å². The van der Waals surface area contributed by atoms with Gasteiger partial charge >= 0.3 is 0 Å². The van der Waals surface area contributed by atoms with E-state index in [-0.39, 0.29) is 18.7 Å². The first-order valence-electron chi connectivity index (χ1n) is 10.6. The second kappa shape index (κ2) is 7.09. The normalized spacial score (nSPS) is 26.1. The maximum absolute atomic E-state index is 12.8. The van der Waals surface area contributed by atoms with Crippen LogP contribution in [0.2, 0.25) is 0 Å². The number of hydrogen-bond acceptors (Lipinski definition) is 6. The molecule has 4 heterocycles. The number of ether oxygens (including phenoxy) is 4. The minimum Gasteiger partial charge on any atom is -0.454 e. The first kappa shape index (κ1) is 17.9. The Kier molecular flexibility index (Phi) is 4.23. The van der Waals surface area contributed by atoms with E-state index in [4.69, 9.17) is 18.9 Å². The van der Waals surface area contributed by atoms with Crippen LogP contribution < -0.4 is 24.3 Å². The van der Waals surface area contributed by atoms with Gasteiger partial charge in [-0.2, -0.15) is 0 Å². The van der Waals surface area contributed by atoms with Crippen LogP contribution in [0.4, 0.5) is 0 Å². The van der Waals surface area contributed by atoms with Gasteiger partial charge in [0.15, 0.2) is 23.0 Å². The molecule has 0 aromatic heterocycles. The molecule has 7 heteroatoms. The van der Waals surface area contributed by atoms with Crippen molar-refractivity contribution in [2.45, 2.75) is 50.4 Å². The molecule has 156 valence electrons. The molecule has 4 aliphatic heterocycles. The van der Waals surface area contributed by atoms with Crippen LogP contribution in [0.5, 0.6) is 23.0 Å². The van der Waals surface area contributed by atoms with Crippen LogP contribution >= 0.6 is 0 Å². The molecule has 2 fully saturated rings. The molecule has 1 N–H and O–H groups in total. The summed E-state index contributed by atoms with van der Waals surface area (Å²) in [5, 5.41) is 3.25. The first-order valence-corrected chi connectivity index (χ1v) is 10.6. The number of nitrogens with one attached hydrogen (secondary N) is 1. The highest BCUT2D eigenvalue weighted by atomic mass is 16.7. The monoisotopic (exact) mass is 408 g/mol. The van der Waals surface area contributed by atoms with Gasteiger partial charge < -0.3 is 24.3 Å². The van der Waals surface area contributed by atoms with Gasteiger partial charge in [0.1, 0.15) is 0 Å². The van der Waals surface area contributed by atoms with Crippen molar-refractivity contribution in [2.75, 3.05) is 13.6 Å². The highest BCUT2D eigenvalue weighted by Gasteiger charge is 2.41. The third-order valence-electron chi connectivity index (χ3n) is 6.66. The number of amides is 1. The minimum absolute atomic E-state index is 0.0399. The highest BCUT2D eigenvalue weighted by Crippen LogP contribution is 2.39. The molecule has 2 aromatic carbocycles. The summed E-state index contributed by atoms with van der Waals surface area (Å²) in [7, 11) is 0. The van der Waals surface area contributed by atoms with Gasteiger partial charge in [-0.25, -0.2) is 0 Å². The van der Waals surface area contributed by atoms with Gasteiger partial charge in [0.05, 0.1) is 0 Å². The number of fused-ring (bicyclic) bond motifs is 4. The van der Waals surface area contributed by atoms with Crippen LogP contribution in [0.15, 0.2) is 36.4 Å². The number of rotatable bonds is 4. The van der Waals surface area contributed by atoms with E-state index in [2.05, 4.69) is 22.3 Å². The summed E-state index contributed by atoms with van der Waals surface area (Å²) in [5.74, 6) is 2.96. The molecular weight excluding hydrogens is 384 g/mol. The quantitative estimate of drug-likeness (QED) is 0.839. The Balaban J connectivity index is 1.10. The molecule has 30 heavy (non-hydrogen) atoms. The van der Waals surface area contributed by atoms with Crippen LogP contribution in [0.25, 0.3) is 0 Å². The molecule has 2 bridgehead atoms. The second-order valence-electron chi connectivity index (χ2n) is 8.45. The van der Waals surface area contributed by atoms with Gasteiger partial charge in [-0.1, -0.05) is 6.07 Å². The molecule has 1 amide bonds. The Morgan fingerprint density at radius 2 is 1.50 bits per heavy atom. The number of carbonyl (C=O) groups excluding carboxylic acids is 1. The van der Waals surface area contributed by atoms with E-state index in [0.717, 1.165) is 30.9 Å². The van der Waals surface area contributed by atoms with E-state index in [1.807, 2.05) is 6.07 Å². The van der Waals surface area contributed by atoms with E-state index in [1.165, 1.54) is 18.4 Å². The zero-order valence-corrected chi connectivity index (χ0v) is 16.6. The summed E-state index contributed by atoms with van der Waals surface area (Å²) in [6, 6.07) is 12.8. The van der Waals surface area contributed by atoms with Gasteiger partial charge in [0.2, 0.25) is 13.6 Å². The molecule has 2 aromatic rings. The van der Waals surface area contributed by atoms with Crippen molar-refractivity contribution in [1.82, 2.24) is 10.2 Å². The minimum atomic E-state index is -0.0399. The molecule has 0 spiro atoms. The maximum atomic E-state index is 12.8. The lowest BCUT2D eigenvalue weighted by Crippen LogP contribution is -2.49. The van der Waals surface area contributed by atoms with Crippen LogP contribution in [-0.4, -0.2) is 42.5 Å². The Labute approximate surface area is 174 Å². The predicted molar refractivity (Wildman–Crippen MR) is 108 cm³/mol. The Hall–Kier alpha value is -2.93. The number of benzene rings is 2. The van der Waals surface area contributed by atoms with E-state index < -0.39 is 0 Å². The smallest absolute Gasteiger partial charge is 0.251 e. The summed E-state index contributed by atoms with van der Waals surface area (Å²) >= 11 is 0. The summed E-state index contributed by atoms with van der Waals surface area (Å²) in [5.41, 5.74) is 1.87. The molecule has 2 atom stereocenters. The average Bonchev–Trinajstić information content (AvgIpc) is 3.46. The molecule has 2 unspecified atom stereocenters. The van der Waals surface area contributed by atoms with Gasteiger partial charge in [-0.15, -0.1) is 0 Å². The van der Waals surface area contributed by atoms with Crippen LogP contribution in [-0.2, 0) is 6.54 Å². The molecule has 2 saturated heterocycles. The lowest BCUT2D eigenvalue weighted by molar-refractivity contribution is 0.0827. The van der Waals surface area contributed by atoms with Crippen molar-refractivity contribution in [3.8, 4) is 23.0 Å². The van der Waals surface area contributed by atoms with E-state index in [0.29, 0.717) is 35.9 Å². The third-order valence-corrected chi connectivity index (χ3v) is 6.66. The van der Waals surface area contributed by atoms with Gasteiger partial charge in [0, 0.05) is 30.2 Å². The van der Waals surface area contributed by atoms with Crippen molar-refractivity contribution in [2.24, 2.45) is 0 Å². The van der Waals surface area contributed by atoms with Crippen LogP contribution in [0.1, 0.15) is 41.6 Å². The van der Waals surface area contributed by atoms with E-state index in [1.54, 1.807) is 18.2 Å². The number of nitrogens with zero attached hydrogens (tertiary/aromatic N) is 1. The summed E-state index contributed by atoms with van der Waals surface area (Å²) in [6.45, 7) is 1.43. The Morgan fingerprint density at radius 3 is 2.23 bits per heavy atom. The van der Waals surface area contributed by atoms with Gasteiger partial charge in [0.25, 0.3) is 5.91 Å². The molecule has 7 nitrogen and oxygen atoms in total. The molecular formula is C23H24N2O5. The zero-order chi connectivity index (χ0) is 20.1. The van der Waals surface area contributed by atoms with Gasteiger partial charge in [-0.05, 0) is 61.6 Å². The molecule has 0 saturated carbocycles. The highest BCUT2D eigenvalue weighted by molar-refractivity contribution is 5.95. The summed E-state index contributed by atoms with van der Waals surface area (Å²) in [4.78, 5) is 15.4. The van der Waals surface area contributed by atoms with E-state index >= 15 is 0 Å². The molecule has 4 aliphatic rings. The molecule has 0 aliphatic carbocycles. The van der Waals surface area contributed by atoms with Crippen LogP contribution in [0, 0.1) is 0 Å². The summed E-state index contributed by atoms with van der Waals surface area (Å²) < 4.78 is 21.7. The molecule has 0 radical (unpaired) electrons. The number of carbonyl (C=O) groups is 1. The fraction of sp³-hybridized carbons (Fsp3) is 0.435. The van der Waals surface area contributed by atoms with Crippen molar-refractivity contribution >= 4 is 5.91 Å². The first-order chi connectivity index (χ1) is 14.7. The number of hydrogen-bond donors (Lipinski definition) is 1. The second-order valence-corrected chi connectivity index (χ2v) is 8.45. The van der Waals surface area contributed by atoms with E-state index in [9.17, 15) is 4.79 Å². The zero-order valence-electron chi connectivity index (χ0n) is 16.6. The topological polar surface area (TPSA) is 69.3 Å². The lowest BCUT2D eigenvalue weighted by atomic mass is 9.96. The number of piperidine rings is 1. The van der Waals surface area contributed by atoms with Crippen LogP contribution in [0.3, 0.4) is 0 Å². The largest absolute Gasteiger partial charge is 0.454 e. The van der Waals surface area contributed by atoms with Crippen molar-refractivity contribution in [3.63, 3.8) is 0 Å². The predicted octanol–water partition coefficient (Wildman–Crippen LogP) is 3.07. The van der Waals surface area contributed by atoms with Crippen molar-refractivity contribution in [1.29, 1.82) is 0 Å². The lowest BCUT2D eigenvalue weighted by Gasteiger charge is -2.39. The average molecular weight is 408 g/mol. The Bertz CT molecular complexity index is 980. The van der Waals surface area contributed by atoms with Gasteiger partial charge in [-0.3, -0.25) is 9.69 Å². The third kappa shape index (κ3) is 3.13. The summed E-state index contributed by atoms with van der Waals surface area (Å²) in [6.07, 6.45) is 4.34. The SMILES string of the molecule is O=C(NC1CC2CCC(C1)N2Cc1ccc2c(c1)OCO2)c1ccc2c(c1)OCO2. The maximum Gasteiger partial charge on any atom is 0.251 e. The fourth-order valence-electron chi connectivity index (χ4n) is 5.21. The Morgan fingerprint density at radius 1 is 0.867 bits per heavy atom.